The van der Waals surface area contributed by atoms with Crippen LogP contribution in [0.25, 0.3) is 0 Å². The van der Waals surface area contributed by atoms with E-state index in [1.165, 1.54) is 49.6 Å². The number of hydrogen-bond donors (Lipinski definition) is 2. The van der Waals surface area contributed by atoms with Crippen LogP contribution in [0, 0.1) is 46.3 Å². The first-order chi connectivity index (χ1) is 17.3. The second-order valence-corrected chi connectivity index (χ2v) is 15.8. The average Bonchev–Trinajstić information content (AvgIpc) is 3.37. The van der Waals surface area contributed by atoms with Crippen molar-refractivity contribution < 1.29 is 18.3 Å². The van der Waals surface area contributed by atoms with Gasteiger partial charge in [-0.15, -0.1) is 5.10 Å². The van der Waals surface area contributed by atoms with Crippen LogP contribution in [0.15, 0.2) is 9.33 Å². The SMILES string of the molecule is C[C@H](CCC(=O)N=c1sc(S(N)(=O)=O)nn1C)[C@H]1CC[C@H]2[C@@H]3CC[C@@H]4C[C@H](O)CC[C@]4(C)[C@H]3CC[C@]12C. The first kappa shape index (κ1) is 27.5. The van der Waals surface area contributed by atoms with E-state index in [-0.39, 0.29) is 21.2 Å². The number of primary sulfonamides is 1. The predicted octanol–water partition coefficient (Wildman–Crippen LogP) is 3.99. The molecule has 4 fully saturated rings. The number of hydrogen-bond acceptors (Lipinski definition) is 6. The molecule has 0 bridgehead atoms. The molecule has 10 heteroatoms. The zero-order valence-corrected chi connectivity index (χ0v) is 24.4. The summed E-state index contributed by atoms with van der Waals surface area (Å²) in [6.45, 7) is 7.39. The summed E-state index contributed by atoms with van der Waals surface area (Å²) in [4.78, 5) is 17.1. The highest BCUT2D eigenvalue weighted by molar-refractivity contribution is 7.91. The highest BCUT2D eigenvalue weighted by Crippen LogP contribution is 2.68. The molecule has 1 heterocycles. The van der Waals surface area contributed by atoms with Crippen molar-refractivity contribution in [3.05, 3.63) is 4.80 Å². The normalized spacial score (nSPS) is 41.1. The van der Waals surface area contributed by atoms with E-state index in [0.717, 1.165) is 48.4 Å². The number of aliphatic hydroxyl groups excluding tert-OH is 1. The summed E-state index contributed by atoms with van der Waals surface area (Å²) in [6.07, 6.45) is 12.0. The van der Waals surface area contributed by atoms with Crippen LogP contribution in [0.5, 0.6) is 0 Å². The molecule has 4 aliphatic rings. The number of sulfonamides is 1. The minimum atomic E-state index is -3.91. The van der Waals surface area contributed by atoms with Gasteiger partial charge in [0.2, 0.25) is 15.0 Å². The molecule has 9 atom stereocenters. The monoisotopic (exact) mass is 552 g/mol. The molecular weight excluding hydrogens is 508 g/mol. The van der Waals surface area contributed by atoms with Crippen LogP contribution in [0.3, 0.4) is 0 Å². The Hall–Kier alpha value is -1.10. The van der Waals surface area contributed by atoms with Crippen LogP contribution in [0.1, 0.15) is 91.4 Å². The Labute approximate surface area is 225 Å². The minimum absolute atomic E-state index is 0.0935. The van der Waals surface area contributed by atoms with Gasteiger partial charge in [-0.1, -0.05) is 32.1 Å². The quantitative estimate of drug-likeness (QED) is 0.571. The van der Waals surface area contributed by atoms with Crippen molar-refractivity contribution >= 4 is 27.3 Å². The largest absolute Gasteiger partial charge is 0.393 e. The second-order valence-electron chi connectivity index (χ2n) is 13.2. The van der Waals surface area contributed by atoms with Gasteiger partial charge in [-0.2, -0.15) is 4.99 Å². The molecule has 1 aromatic rings. The number of carbonyl (C=O) groups is 1. The summed E-state index contributed by atoms with van der Waals surface area (Å²) in [5, 5.41) is 19.3. The topological polar surface area (TPSA) is 128 Å². The van der Waals surface area contributed by atoms with Crippen molar-refractivity contribution in [1.29, 1.82) is 0 Å². The molecule has 0 radical (unpaired) electrons. The van der Waals surface area contributed by atoms with Crippen molar-refractivity contribution in [3.8, 4) is 0 Å². The molecular formula is C27H44N4O4S2. The number of rotatable bonds is 5. The van der Waals surface area contributed by atoms with E-state index < -0.39 is 10.0 Å². The van der Waals surface area contributed by atoms with Gasteiger partial charge in [0.1, 0.15) is 0 Å². The summed E-state index contributed by atoms with van der Waals surface area (Å²) >= 11 is 0.824. The molecule has 0 spiro atoms. The molecule has 4 aliphatic carbocycles. The number of aliphatic hydroxyl groups is 1. The number of nitrogens with two attached hydrogens (primary N) is 1. The smallest absolute Gasteiger partial charge is 0.267 e. The van der Waals surface area contributed by atoms with Gasteiger partial charge < -0.3 is 5.11 Å². The third kappa shape index (κ3) is 4.89. The number of amides is 1. The van der Waals surface area contributed by atoms with Gasteiger partial charge in [0.05, 0.1) is 6.10 Å². The standard InChI is InChI=1S/C27H44N4O4S2/c1-16(5-10-23(33)29-24-31(4)30-25(36-24)37(28,34)35)20-8-9-21-19-7-6-17-15-18(32)11-13-26(17,2)22(19)12-14-27(20,21)3/h16-22,32H,5-15H2,1-4H3,(H2,28,34,35)/t16-,17-,18-,19+,20-,21+,22+,26+,27-/m1/s1. The molecule has 1 aromatic heterocycles. The van der Waals surface area contributed by atoms with Crippen LogP contribution in [-0.4, -0.2) is 35.3 Å². The molecule has 37 heavy (non-hydrogen) atoms. The summed E-state index contributed by atoms with van der Waals surface area (Å²) < 4.78 is 24.2. The lowest BCUT2D eigenvalue weighted by molar-refractivity contribution is -0.129. The van der Waals surface area contributed by atoms with E-state index >= 15 is 0 Å². The molecule has 0 saturated heterocycles. The fourth-order valence-electron chi connectivity index (χ4n) is 9.47. The molecule has 0 aromatic carbocycles. The zero-order chi connectivity index (χ0) is 26.8. The fraction of sp³-hybridized carbons (Fsp3) is 0.889. The van der Waals surface area contributed by atoms with Crippen molar-refractivity contribution in [3.63, 3.8) is 0 Å². The molecule has 5 rings (SSSR count). The molecule has 0 aliphatic heterocycles. The lowest BCUT2D eigenvalue weighted by Crippen LogP contribution is -2.54. The van der Waals surface area contributed by atoms with E-state index in [2.05, 4.69) is 30.9 Å². The second kappa shape index (κ2) is 9.82. The Bertz CT molecular complexity index is 1210. The van der Waals surface area contributed by atoms with Crippen molar-refractivity contribution in [2.24, 2.45) is 63.5 Å². The molecule has 4 saturated carbocycles. The van der Waals surface area contributed by atoms with Gasteiger partial charge in [-0.25, -0.2) is 18.2 Å². The van der Waals surface area contributed by atoms with Crippen LogP contribution in [0.4, 0.5) is 0 Å². The van der Waals surface area contributed by atoms with Crippen molar-refractivity contribution in [2.45, 2.75) is 102 Å². The van der Waals surface area contributed by atoms with Gasteiger partial charge in [-0.3, -0.25) is 4.79 Å². The van der Waals surface area contributed by atoms with E-state index in [1.54, 1.807) is 7.05 Å². The summed E-state index contributed by atoms with van der Waals surface area (Å²) in [5.74, 6) is 3.90. The zero-order valence-electron chi connectivity index (χ0n) is 22.7. The third-order valence-electron chi connectivity index (χ3n) is 11.4. The molecule has 0 unspecified atom stereocenters. The molecule has 1 amide bonds. The Morgan fingerprint density at radius 2 is 1.86 bits per heavy atom. The molecule has 208 valence electrons. The lowest BCUT2D eigenvalue weighted by atomic mass is 9.44. The minimum Gasteiger partial charge on any atom is -0.393 e. The van der Waals surface area contributed by atoms with Gasteiger partial charge in [0.25, 0.3) is 10.0 Å². The summed E-state index contributed by atoms with van der Waals surface area (Å²) in [7, 11) is -2.34. The Kier molecular flexibility index (Phi) is 7.29. The van der Waals surface area contributed by atoms with E-state index in [4.69, 9.17) is 5.14 Å². The van der Waals surface area contributed by atoms with Gasteiger partial charge >= 0.3 is 0 Å². The molecule has 3 N–H and O–H groups in total. The van der Waals surface area contributed by atoms with Crippen LogP contribution in [0.2, 0.25) is 0 Å². The fourth-order valence-corrected chi connectivity index (χ4v) is 11.0. The Balaban J connectivity index is 1.24. The van der Waals surface area contributed by atoms with E-state index in [1.807, 2.05) is 0 Å². The maximum absolute atomic E-state index is 12.7. The van der Waals surface area contributed by atoms with Gasteiger partial charge in [-0.05, 0) is 111 Å². The van der Waals surface area contributed by atoms with Gasteiger partial charge in [0.15, 0.2) is 0 Å². The highest BCUT2D eigenvalue weighted by Gasteiger charge is 2.60. The van der Waals surface area contributed by atoms with E-state index in [0.29, 0.717) is 35.0 Å². The van der Waals surface area contributed by atoms with E-state index in [9.17, 15) is 18.3 Å². The third-order valence-corrected chi connectivity index (χ3v) is 13.7. The first-order valence-electron chi connectivity index (χ1n) is 14.2. The molecule has 8 nitrogen and oxygen atoms in total. The van der Waals surface area contributed by atoms with Crippen LogP contribution < -0.4 is 9.94 Å². The Morgan fingerprint density at radius 1 is 1.16 bits per heavy atom. The summed E-state index contributed by atoms with van der Waals surface area (Å²) in [6, 6.07) is 0. The van der Waals surface area contributed by atoms with Crippen LogP contribution >= 0.6 is 11.3 Å². The number of nitrogens with zero attached hydrogens (tertiary/aromatic N) is 3. The predicted molar refractivity (Wildman–Crippen MR) is 143 cm³/mol. The van der Waals surface area contributed by atoms with Crippen molar-refractivity contribution in [1.82, 2.24) is 9.78 Å². The lowest BCUT2D eigenvalue weighted by Gasteiger charge is -2.61. The number of aromatic nitrogens is 2. The maximum atomic E-state index is 12.7. The Morgan fingerprint density at radius 3 is 2.57 bits per heavy atom. The number of carbonyl (C=O) groups excluding carboxylic acids is 1. The number of fused-ring (bicyclic) bond motifs is 5. The highest BCUT2D eigenvalue weighted by atomic mass is 32.2. The summed E-state index contributed by atoms with van der Waals surface area (Å²) in [5.41, 5.74) is 0.740. The van der Waals surface area contributed by atoms with Crippen LogP contribution in [-0.2, 0) is 21.9 Å². The maximum Gasteiger partial charge on any atom is 0.267 e. The first-order valence-corrected chi connectivity index (χ1v) is 16.5. The van der Waals surface area contributed by atoms with Gasteiger partial charge in [0, 0.05) is 13.5 Å². The van der Waals surface area contributed by atoms with Crippen molar-refractivity contribution in [2.75, 3.05) is 0 Å². The average molecular weight is 553 g/mol. The number of aryl methyl sites for hydroxylation is 1.